The number of aldehydes is 1. The lowest BCUT2D eigenvalue weighted by Gasteiger charge is -2.20. The summed E-state index contributed by atoms with van der Waals surface area (Å²) in [6, 6.07) is 5.79. The van der Waals surface area contributed by atoms with Crippen LogP contribution < -0.4 is 4.90 Å². The third-order valence-electron chi connectivity index (χ3n) is 3.04. The van der Waals surface area contributed by atoms with Crippen molar-refractivity contribution < 1.29 is 13.6 Å². The molecule has 2 aromatic rings. The molecule has 104 valence electrons. The van der Waals surface area contributed by atoms with Gasteiger partial charge in [-0.25, -0.2) is 8.78 Å². The van der Waals surface area contributed by atoms with E-state index in [-0.39, 0.29) is 11.3 Å². The molecule has 0 fully saturated rings. The third-order valence-corrected chi connectivity index (χ3v) is 3.04. The predicted octanol–water partition coefficient (Wildman–Crippen LogP) is 2.85. The number of aromatic nitrogens is 1. The minimum Gasteiger partial charge on any atom is -0.370 e. The van der Waals surface area contributed by atoms with Gasteiger partial charge in [-0.05, 0) is 36.2 Å². The number of carbonyl (C=O) groups excluding carboxylic acids is 1. The van der Waals surface area contributed by atoms with Crippen LogP contribution in [0.5, 0.6) is 0 Å². The van der Waals surface area contributed by atoms with Crippen LogP contribution in [0.4, 0.5) is 14.5 Å². The third kappa shape index (κ3) is 3.17. The fraction of sp³-hybridized carbons (Fsp3) is 0.200. The molecule has 0 saturated heterocycles. The number of halogens is 2. The molecule has 0 N–H and O–H groups in total. The number of benzene rings is 1. The maximum Gasteiger partial charge on any atom is 0.150 e. The van der Waals surface area contributed by atoms with E-state index in [1.54, 1.807) is 19.4 Å². The normalized spacial score (nSPS) is 10.3. The van der Waals surface area contributed by atoms with E-state index in [9.17, 15) is 13.6 Å². The summed E-state index contributed by atoms with van der Waals surface area (Å²) in [5.41, 5.74) is 0.910. The number of anilines is 1. The Morgan fingerprint density at radius 1 is 1.20 bits per heavy atom. The first-order chi connectivity index (χ1) is 9.61. The molecule has 0 unspecified atom stereocenters. The van der Waals surface area contributed by atoms with E-state index in [0.717, 1.165) is 17.7 Å². The Kier molecular flexibility index (Phi) is 4.40. The Morgan fingerprint density at radius 2 is 1.80 bits per heavy atom. The van der Waals surface area contributed by atoms with Crippen molar-refractivity contribution in [2.75, 3.05) is 18.5 Å². The molecule has 0 bridgehead atoms. The van der Waals surface area contributed by atoms with Gasteiger partial charge in [0.2, 0.25) is 0 Å². The maximum absolute atomic E-state index is 13.8. The van der Waals surface area contributed by atoms with Crippen LogP contribution in [0.3, 0.4) is 0 Å². The van der Waals surface area contributed by atoms with Crippen LogP contribution >= 0.6 is 0 Å². The molecule has 0 spiro atoms. The quantitative estimate of drug-likeness (QED) is 0.787. The van der Waals surface area contributed by atoms with E-state index in [1.807, 2.05) is 12.1 Å². The highest BCUT2D eigenvalue weighted by Gasteiger charge is 2.15. The van der Waals surface area contributed by atoms with Gasteiger partial charge in [0.15, 0.2) is 0 Å². The molecule has 1 aromatic heterocycles. The van der Waals surface area contributed by atoms with E-state index in [2.05, 4.69) is 4.98 Å². The van der Waals surface area contributed by atoms with Crippen LogP contribution in [0, 0.1) is 11.6 Å². The highest BCUT2D eigenvalue weighted by Crippen LogP contribution is 2.23. The second kappa shape index (κ2) is 6.23. The van der Waals surface area contributed by atoms with Crippen LogP contribution in [0.1, 0.15) is 15.9 Å². The first-order valence-corrected chi connectivity index (χ1v) is 6.16. The van der Waals surface area contributed by atoms with E-state index < -0.39 is 11.6 Å². The van der Waals surface area contributed by atoms with Crippen LogP contribution in [-0.2, 0) is 6.42 Å². The summed E-state index contributed by atoms with van der Waals surface area (Å²) < 4.78 is 27.6. The van der Waals surface area contributed by atoms with Crippen molar-refractivity contribution in [3.8, 4) is 0 Å². The van der Waals surface area contributed by atoms with E-state index in [1.165, 1.54) is 4.90 Å². The van der Waals surface area contributed by atoms with Gasteiger partial charge in [0.25, 0.3) is 0 Å². The average Bonchev–Trinajstić information content (AvgIpc) is 2.45. The van der Waals surface area contributed by atoms with E-state index in [0.29, 0.717) is 19.3 Å². The number of hydrogen-bond donors (Lipinski definition) is 0. The second-order valence-electron chi connectivity index (χ2n) is 4.48. The van der Waals surface area contributed by atoms with Crippen LogP contribution in [0.2, 0.25) is 0 Å². The molecule has 0 saturated carbocycles. The van der Waals surface area contributed by atoms with Gasteiger partial charge in [0.05, 0.1) is 0 Å². The van der Waals surface area contributed by atoms with Gasteiger partial charge in [-0.2, -0.15) is 0 Å². The van der Waals surface area contributed by atoms with Gasteiger partial charge in [-0.15, -0.1) is 0 Å². The lowest BCUT2D eigenvalue weighted by molar-refractivity contribution is 0.112. The summed E-state index contributed by atoms with van der Waals surface area (Å²) in [4.78, 5) is 16.0. The smallest absolute Gasteiger partial charge is 0.150 e. The van der Waals surface area contributed by atoms with Crippen molar-refractivity contribution >= 4 is 12.0 Å². The molecule has 2 rings (SSSR count). The molecule has 0 aliphatic carbocycles. The van der Waals surface area contributed by atoms with Crippen molar-refractivity contribution in [3.63, 3.8) is 0 Å². The standard InChI is InChI=1S/C15H14F2N2O/c1-19(7-4-11-2-5-18-6-3-11)15-13(16)8-12(10-20)9-14(15)17/h2-3,5-6,8-10H,4,7H2,1H3. The molecule has 0 aliphatic heterocycles. The van der Waals surface area contributed by atoms with Gasteiger partial charge in [0, 0.05) is 31.5 Å². The number of pyridine rings is 1. The second-order valence-corrected chi connectivity index (χ2v) is 4.48. The fourth-order valence-electron chi connectivity index (χ4n) is 1.98. The molecule has 1 heterocycles. The summed E-state index contributed by atoms with van der Waals surface area (Å²) in [6.07, 6.45) is 4.42. The first kappa shape index (κ1) is 14.1. The highest BCUT2D eigenvalue weighted by molar-refractivity contribution is 5.76. The topological polar surface area (TPSA) is 33.2 Å². The van der Waals surface area contributed by atoms with Gasteiger partial charge in [-0.3, -0.25) is 9.78 Å². The zero-order valence-corrected chi connectivity index (χ0v) is 11.0. The molecule has 1 aromatic carbocycles. The van der Waals surface area contributed by atoms with E-state index in [4.69, 9.17) is 0 Å². The maximum atomic E-state index is 13.8. The van der Waals surface area contributed by atoms with E-state index >= 15 is 0 Å². The molecular weight excluding hydrogens is 262 g/mol. The van der Waals surface area contributed by atoms with Crippen LogP contribution in [0.25, 0.3) is 0 Å². The van der Waals surface area contributed by atoms with Gasteiger partial charge in [-0.1, -0.05) is 0 Å². The molecule has 5 heteroatoms. The van der Waals surface area contributed by atoms with Crippen molar-refractivity contribution in [1.82, 2.24) is 4.98 Å². The number of carbonyl (C=O) groups is 1. The average molecular weight is 276 g/mol. The monoisotopic (exact) mass is 276 g/mol. The Morgan fingerprint density at radius 3 is 2.35 bits per heavy atom. The first-order valence-electron chi connectivity index (χ1n) is 6.16. The molecule has 20 heavy (non-hydrogen) atoms. The minimum atomic E-state index is -0.732. The van der Waals surface area contributed by atoms with Crippen LogP contribution in [-0.4, -0.2) is 24.9 Å². The van der Waals surface area contributed by atoms with Gasteiger partial charge < -0.3 is 4.90 Å². The van der Waals surface area contributed by atoms with Gasteiger partial charge >= 0.3 is 0 Å². The van der Waals surface area contributed by atoms with Crippen molar-refractivity contribution in [2.24, 2.45) is 0 Å². The summed E-state index contributed by atoms with van der Waals surface area (Å²) in [7, 11) is 1.61. The summed E-state index contributed by atoms with van der Waals surface area (Å²) >= 11 is 0. The van der Waals surface area contributed by atoms with Gasteiger partial charge in [0.1, 0.15) is 23.6 Å². The highest BCUT2D eigenvalue weighted by atomic mass is 19.1. The van der Waals surface area contributed by atoms with Crippen LogP contribution in [0.15, 0.2) is 36.7 Å². The summed E-state index contributed by atoms with van der Waals surface area (Å²) in [5, 5.41) is 0. The minimum absolute atomic E-state index is 0.00807. The van der Waals surface area contributed by atoms with Crippen molar-refractivity contribution in [3.05, 3.63) is 59.4 Å². The number of nitrogens with zero attached hydrogens (tertiary/aromatic N) is 2. The Hall–Kier alpha value is -2.30. The Bertz CT molecular complexity index is 579. The molecule has 0 radical (unpaired) electrons. The van der Waals surface area contributed by atoms with Crippen molar-refractivity contribution in [2.45, 2.75) is 6.42 Å². The molecule has 0 atom stereocenters. The molecule has 0 aliphatic rings. The summed E-state index contributed by atoms with van der Waals surface area (Å²) in [5.74, 6) is -1.46. The number of likely N-dealkylation sites (N-methyl/N-ethyl adjacent to an activating group) is 1. The number of rotatable bonds is 5. The predicted molar refractivity (Wildman–Crippen MR) is 73.0 cm³/mol. The van der Waals surface area contributed by atoms with Crippen molar-refractivity contribution in [1.29, 1.82) is 0 Å². The lowest BCUT2D eigenvalue weighted by Crippen LogP contribution is -2.23. The molecule has 3 nitrogen and oxygen atoms in total. The molecular formula is C15H14F2N2O. The SMILES string of the molecule is CN(CCc1ccncc1)c1c(F)cc(C=O)cc1F. The zero-order valence-electron chi connectivity index (χ0n) is 11.0. The number of hydrogen-bond acceptors (Lipinski definition) is 3. The largest absolute Gasteiger partial charge is 0.370 e. The fourth-order valence-corrected chi connectivity index (χ4v) is 1.98. The Balaban J connectivity index is 2.13. The zero-order chi connectivity index (χ0) is 14.5. The Labute approximate surface area is 115 Å². The molecule has 0 amide bonds. The lowest BCUT2D eigenvalue weighted by atomic mass is 10.1. The summed E-state index contributed by atoms with van der Waals surface area (Å²) in [6.45, 7) is 0.457.